The maximum absolute atomic E-state index is 13.9. The first-order chi connectivity index (χ1) is 31.9. The number of unbranched alkanes of at least 4 members (excludes halogenated alkanes) is 1. The molecule has 0 unspecified atom stereocenters. The lowest BCUT2D eigenvalue weighted by Gasteiger charge is -2.27. The van der Waals surface area contributed by atoms with Crippen LogP contribution in [0.25, 0.3) is 0 Å². The summed E-state index contributed by atoms with van der Waals surface area (Å²) in [5.74, 6) is -13.1. The number of hydrogen-bond donors (Lipinski definition) is 14. The first kappa shape index (κ1) is 59.3. The third-order valence-corrected chi connectivity index (χ3v) is 10.0. The van der Waals surface area contributed by atoms with Crippen molar-refractivity contribution in [3.8, 4) is 0 Å². The Hall–Kier alpha value is -6.73. The number of aliphatic carboxylic acids is 3. The van der Waals surface area contributed by atoms with E-state index in [9.17, 15) is 73.2 Å². The molecule has 25 heteroatoms. The maximum Gasteiger partial charge on any atom is 0.326 e. The van der Waals surface area contributed by atoms with Crippen molar-refractivity contribution in [1.82, 2.24) is 37.2 Å². The van der Waals surface area contributed by atoms with Gasteiger partial charge >= 0.3 is 17.9 Å². The zero-order valence-corrected chi connectivity index (χ0v) is 38.7. The molecule has 0 aromatic heterocycles. The highest BCUT2D eigenvalue weighted by atomic mass is 16.4. The third kappa shape index (κ3) is 23.1. The number of carbonyl (C=O) groups excluding carboxylic acids is 8. The van der Waals surface area contributed by atoms with Crippen LogP contribution in [0.15, 0.2) is 30.3 Å². The second-order valence-electron chi connectivity index (χ2n) is 17.0. The molecule has 68 heavy (non-hydrogen) atoms. The number of carboxylic acid groups (broad SMARTS) is 3. The third-order valence-electron chi connectivity index (χ3n) is 10.0. The van der Waals surface area contributed by atoms with Crippen LogP contribution in [-0.2, 0) is 59.2 Å². The molecule has 0 heterocycles. The summed E-state index contributed by atoms with van der Waals surface area (Å²) in [7, 11) is 0. The van der Waals surface area contributed by atoms with E-state index in [-0.39, 0.29) is 56.9 Å². The van der Waals surface area contributed by atoms with Crippen molar-refractivity contribution >= 4 is 65.2 Å². The molecule has 8 atom stereocenters. The van der Waals surface area contributed by atoms with Crippen molar-refractivity contribution in [3.05, 3.63) is 35.9 Å². The van der Waals surface area contributed by atoms with Crippen LogP contribution in [0.4, 0.5) is 0 Å². The number of aliphatic hydroxyl groups is 1. The lowest BCUT2D eigenvalue weighted by molar-refractivity contribution is -0.143. The number of hydrogen-bond acceptors (Lipinski definition) is 14. The normalized spacial score (nSPS) is 14.6. The summed E-state index contributed by atoms with van der Waals surface area (Å²) in [5.41, 5.74) is 17.2. The lowest BCUT2D eigenvalue weighted by atomic mass is 10.0. The minimum atomic E-state index is -1.97. The van der Waals surface area contributed by atoms with E-state index in [1.54, 1.807) is 58.0 Å². The summed E-state index contributed by atoms with van der Waals surface area (Å²) in [6, 6.07) is -4.72. The molecule has 0 radical (unpaired) electrons. The van der Waals surface area contributed by atoms with E-state index in [2.05, 4.69) is 37.2 Å². The van der Waals surface area contributed by atoms with E-state index >= 15 is 0 Å². The van der Waals surface area contributed by atoms with Crippen LogP contribution in [-0.4, -0.2) is 147 Å². The predicted octanol–water partition coefficient (Wildman–Crippen LogP) is -3.54. The number of amides is 8. The van der Waals surface area contributed by atoms with Crippen molar-refractivity contribution in [2.45, 2.75) is 140 Å². The van der Waals surface area contributed by atoms with Gasteiger partial charge in [0, 0.05) is 12.8 Å². The Morgan fingerprint density at radius 3 is 1.40 bits per heavy atom. The first-order valence-corrected chi connectivity index (χ1v) is 22.1. The standard InChI is InChI=1S/C43H68N10O15/c1-22(2)16-25(45)36(60)49-29(19-34(56)57)40(64)51-30(20-35(58)59)41(65)50-28(18-24-10-6-5-7-11-24)39(63)53-32(21-54)42(66)47-26(12-8-9-15-44)37(61)48-27(13-14-33(46)55)38(62)52-31(43(67)68)17-23(3)4/h5-7,10-11,22-23,25-32,54H,8-9,12-21,44-45H2,1-4H3,(H2,46,55)(H,47,66)(H,48,61)(H,49,60)(H,50,65)(H,51,64)(H,52,62)(H,53,63)(H,56,57)(H,58,59)(H,67,68)/t25-,26-,27-,28-,29-,30-,31-,32-/m0/s1. The van der Waals surface area contributed by atoms with Crippen molar-refractivity contribution in [1.29, 1.82) is 0 Å². The highest BCUT2D eigenvalue weighted by Crippen LogP contribution is 2.11. The van der Waals surface area contributed by atoms with Crippen LogP contribution in [0.5, 0.6) is 0 Å². The Bertz CT molecular complexity index is 1900. The molecule has 0 spiro atoms. The quantitative estimate of drug-likeness (QED) is 0.0304. The van der Waals surface area contributed by atoms with Gasteiger partial charge in [0.05, 0.1) is 25.5 Å². The maximum atomic E-state index is 13.9. The monoisotopic (exact) mass is 964 g/mol. The van der Waals surface area contributed by atoms with Crippen LogP contribution >= 0.6 is 0 Å². The number of carboxylic acids is 3. The lowest BCUT2D eigenvalue weighted by Crippen LogP contribution is -2.61. The molecule has 380 valence electrons. The smallest absolute Gasteiger partial charge is 0.326 e. The molecular weight excluding hydrogens is 897 g/mol. The van der Waals surface area contributed by atoms with Crippen molar-refractivity contribution in [3.63, 3.8) is 0 Å². The summed E-state index contributed by atoms with van der Waals surface area (Å²) in [6.07, 6.45) is -2.41. The average molecular weight is 965 g/mol. The summed E-state index contributed by atoms with van der Waals surface area (Å²) >= 11 is 0. The largest absolute Gasteiger partial charge is 0.481 e. The van der Waals surface area contributed by atoms with Crippen molar-refractivity contribution in [2.75, 3.05) is 13.2 Å². The second-order valence-corrected chi connectivity index (χ2v) is 17.0. The minimum Gasteiger partial charge on any atom is -0.481 e. The fourth-order valence-corrected chi connectivity index (χ4v) is 6.56. The predicted molar refractivity (Wildman–Crippen MR) is 241 cm³/mol. The molecule has 1 rings (SSSR count). The Morgan fingerprint density at radius 1 is 0.529 bits per heavy atom. The van der Waals surface area contributed by atoms with Gasteiger partial charge in [-0.25, -0.2) is 4.79 Å². The second kappa shape index (κ2) is 30.5. The van der Waals surface area contributed by atoms with Gasteiger partial charge in [0.2, 0.25) is 47.3 Å². The molecule has 8 amide bonds. The van der Waals surface area contributed by atoms with Gasteiger partial charge in [-0.3, -0.25) is 47.9 Å². The molecule has 0 saturated carbocycles. The van der Waals surface area contributed by atoms with Crippen LogP contribution in [0.1, 0.15) is 91.0 Å². The Labute approximate surface area is 393 Å². The fraction of sp³-hybridized carbons (Fsp3) is 0.605. The van der Waals surface area contributed by atoms with E-state index in [1.165, 1.54) is 0 Å². The highest BCUT2D eigenvalue weighted by Gasteiger charge is 2.35. The number of primary amides is 1. The Balaban J connectivity index is 3.46. The molecule has 0 saturated heterocycles. The van der Waals surface area contributed by atoms with Gasteiger partial charge in [-0.1, -0.05) is 58.0 Å². The fourth-order valence-electron chi connectivity index (χ4n) is 6.56. The number of nitrogens with two attached hydrogens (primary N) is 3. The topological polar surface area (TPSA) is 431 Å². The van der Waals surface area contributed by atoms with Gasteiger partial charge in [0.25, 0.3) is 0 Å². The summed E-state index contributed by atoms with van der Waals surface area (Å²) < 4.78 is 0. The molecule has 17 N–H and O–H groups in total. The SMILES string of the molecule is CC(C)C[C@H](NC(=O)[C@H](CCC(N)=O)NC(=O)[C@H](CCCCN)NC(=O)[C@H](CO)NC(=O)[C@H](Cc1ccccc1)NC(=O)[C@H](CC(=O)O)NC(=O)[C@H](CC(=O)O)NC(=O)[C@@H](N)CC(C)C)C(=O)O. The minimum absolute atomic E-state index is 0.0313. The van der Waals surface area contributed by atoms with Crippen LogP contribution in [0, 0.1) is 11.8 Å². The van der Waals surface area contributed by atoms with Gasteiger partial charge in [0.1, 0.15) is 42.3 Å². The van der Waals surface area contributed by atoms with Crippen molar-refractivity contribution < 1.29 is 73.2 Å². The first-order valence-electron chi connectivity index (χ1n) is 22.1. The van der Waals surface area contributed by atoms with Gasteiger partial charge in [-0.05, 0) is 62.5 Å². The van der Waals surface area contributed by atoms with Gasteiger partial charge in [-0.15, -0.1) is 0 Å². The number of carbonyl (C=O) groups is 11. The molecule has 0 aliphatic rings. The van der Waals surface area contributed by atoms with E-state index in [4.69, 9.17) is 17.2 Å². The zero-order chi connectivity index (χ0) is 51.7. The number of nitrogens with one attached hydrogen (secondary N) is 7. The molecule has 1 aromatic carbocycles. The molecule has 0 aliphatic carbocycles. The van der Waals surface area contributed by atoms with Crippen LogP contribution in [0.2, 0.25) is 0 Å². The number of rotatable bonds is 33. The van der Waals surface area contributed by atoms with Gasteiger partial charge in [-0.2, -0.15) is 0 Å². The van der Waals surface area contributed by atoms with Crippen molar-refractivity contribution in [2.24, 2.45) is 29.0 Å². The number of aliphatic hydroxyl groups excluding tert-OH is 1. The molecular formula is C43H68N10O15. The van der Waals surface area contributed by atoms with Crippen LogP contribution in [0.3, 0.4) is 0 Å². The molecule has 0 bridgehead atoms. The summed E-state index contributed by atoms with van der Waals surface area (Å²) in [6.45, 7) is 6.10. The summed E-state index contributed by atoms with van der Waals surface area (Å²) in [4.78, 5) is 142. The molecule has 1 aromatic rings. The molecule has 25 nitrogen and oxygen atoms in total. The van der Waals surface area contributed by atoms with Gasteiger partial charge < -0.3 is 74.8 Å². The van der Waals surface area contributed by atoms with E-state index in [1.807, 2.05) is 0 Å². The Kier molecular flexibility index (Phi) is 26.6. The van der Waals surface area contributed by atoms with Gasteiger partial charge in [0.15, 0.2) is 0 Å². The number of benzene rings is 1. The van der Waals surface area contributed by atoms with E-state index in [0.29, 0.717) is 12.0 Å². The molecule has 0 fully saturated rings. The Morgan fingerprint density at radius 2 is 0.941 bits per heavy atom. The van der Waals surface area contributed by atoms with Crippen LogP contribution < -0.4 is 54.4 Å². The van der Waals surface area contributed by atoms with E-state index < -0.39 is 139 Å². The zero-order valence-electron chi connectivity index (χ0n) is 38.7. The van der Waals surface area contributed by atoms with E-state index in [0.717, 1.165) is 0 Å². The average Bonchev–Trinajstić information content (AvgIpc) is 3.24. The molecule has 0 aliphatic heterocycles. The summed E-state index contributed by atoms with van der Waals surface area (Å²) in [5, 5.41) is 55.2. The highest BCUT2D eigenvalue weighted by molar-refractivity contribution is 5.99.